The van der Waals surface area contributed by atoms with E-state index >= 15 is 0 Å². The van der Waals surface area contributed by atoms with Gasteiger partial charge in [0, 0.05) is 30.5 Å². The molecule has 1 aliphatic carbocycles. The van der Waals surface area contributed by atoms with E-state index in [1.165, 1.54) is 6.92 Å². The molecule has 0 saturated heterocycles. The Morgan fingerprint density at radius 1 is 1.10 bits per heavy atom. The summed E-state index contributed by atoms with van der Waals surface area (Å²) < 4.78 is 40.1. The average Bonchev–Trinajstić information content (AvgIpc) is 2.64. The van der Waals surface area contributed by atoms with Crippen LogP contribution in [0.3, 0.4) is 0 Å². The fraction of sp³-hybridized carbons (Fsp3) is 0.421. The van der Waals surface area contributed by atoms with Gasteiger partial charge >= 0.3 is 6.18 Å². The maximum Gasteiger partial charge on any atom is 0.421 e. The molecule has 0 aliphatic heterocycles. The molecule has 0 radical (unpaired) electrons. The van der Waals surface area contributed by atoms with Gasteiger partial charge in [0.1, 0.15) is 11.4 Å². The second-order valence-corrected chi connectivity index (χ2v) is 6.99. The van der Waals surface area contributed by atoms with Gasteiger partial charge in [0.25, 0.3) is 0 Å². The van der Waals surface area contributed by atoms with Crippen LogP contribution in [0.2, 0.25) is 0 Å². The van der Waals surface area contributed by atoms with Crippen LogP contribution in [-0.4, -0.2) is 33.1 Å². The third-order valence-electron chi connectivity index (χ3n) is 4.59. The number of carbonyl (C=O) groups excluding carboxylic acids is 1. The van der Waals surface area contributed by atoms with Crippen LogP contribution >= 0.6 is 0 Å². The van der Waals surface area contributed by atoms with Crippen molar-refractivity contribution in [1.82, 2.24) is 9.97 Å². The summed E-state index contributed by atoms with van der Waals surface area (Å²) in [6.07, 6.45) is -2.04. The predicted octanol–water partition coefficient (Wildman–Crippen LogP) is 3.91. The molecule has 4 N–H and O–H groups in total. The predicted molar refractivity (Wildman–Crippen MR) is 103 cm³/mol. The van der Waals surface area contributed by atoms with E-state index in [9.17, 15) is 23.1 Å². The Morgan fingerprint density at radius 2 is 1.72 bits per heavy atom. The van der Waals surface area contributed by atoms with Crippen molar-refractivity contribution in [2.75, 3.05) is 16.0 Å². The molecule has 1 fully saturated rings. The number of amides is 1. The van der Waals surface area contributed by atoms with Crippen LogP contribution < -0.4 is 16.0 Å². The first-order valence-corrected chi connectivity index (χ1v) is 9.24. The van der Waals surface area contributed by atoms with Crippen LogP contribution in [0.4, 0.5) is 36.3 Å². The van der Waals surface area contributed by atoms with Crippen LogP contribution in [0.25, 0.3) is 0 Å². The first kappa shape index (κ1) is 20.8. The van der Waals surface area contributed by atoms with Crippen molar-refractivity contribution in [3.8, 4) is 0 Å². The van der Waals surface area contributed by atoms with Gasteiger partial charge in [-0.1, -0.05) is 0 Å². The van der Waals surface area contributed by atoms with Crippen molar-refractivity contribution in [2.24, 2.45) is 0 Å². The number of halogens is 3. The Morgan fingerprint density at radius 3 is 2.31 bits per heavy atom. The highest BCUT2D eigenvalue weighted by molar-refractivity contribution is 5.88. The van der Waals surface area contributed by atoms with Gasteiger partial charge in [0.15, 0.2) is 0 Å². The van der Waals surface area contributed by atoms with Crippen LogP contribution in [0.15, 0.2) is 30.5 Å². The number of nitrogens with one attached hydrogen (secondary N) is 3. The lowest BCUT2D eigenvalue weighted by atomic mass is 9.93. The summed E-state index contributed by atoms with van der Waals surface area (Å²) in [5, 5.41) is 17.9. The summed E-state index contributed by atoms with van der Waals surface area (Å²) in [4.78, 5) is 18.9. The van der Waals surface area contributed by atoms with E-state index < -0.39 is 17.8 Å². The molecule has 1 aromatic heterocycles. The molecule has 0 bridgehead atoms. The van der Waals surface area contributed by atoms with Gasteiger partial charge in [-0.05, 0) is 49.9 Å². The Labute approximate surface area is 165 Å². The number of aliphatic hydroxyl groups excluding tert-OH is 1. The molecule has 3 rings (SSSR count). The standard InChI is InChI=1S/C19H22F3N5O2/c1-11(28)24-12-2-4-14(5-3-12)26-18-23-10-16(19(20,21)22)17(27-18)25-13-6-8-15(29)9-7-13/h2-5,10,13,15,29H,6-9H2,1H3,(H,24,28)(H2,23,25,26,27). The van der Waals surface area contributed by atoms with E-state index in [0.717, 1.165) is 6.20 Å². The van der Waals surface area contributed by atoms with E-state index in [4.69, 9.17) is 0 Å². The summed E-state index contributed by atoms with van der Waals surface area (Å²) in [6, 6.07) is 6.42. The van der Waals surface area contributed by atoms with Gasteiger partial charge in [0.05, 0.1) is 6.10 Å². The average molecular weight is 409 g/mol. The van der Waals surface area contributed by atoms with Crippen molar-refractivity contribution in [3.63, 3.8) is 0 Å². The molecular weight excluding hydrogens is 387 g/mol. The number of benzene rings is 1. The molecule has 0 spiro atoms. The molecule has 156 valence electrons. The zero-order valence-corrected chi connectivity index (χ0v) is 15.8. The van der Waals surface area contributed by atoms with E-state index in [1.807, 2.05) is 0 Å². The number of nitrogens with zero attached hydrogens (tertiary/aromatic N) is 2. The van der Waals surface area contributed by atoms with Crippen molar-refractivity contribution in [3.05, 3.63) is 36.0 Å². The highest BCUT2D eigenvalue weighted by Gasteiger charge is 2.36. The smallest absolute Gasteiger partial charge is 0.393 e. The zero-order valence-electron chi connectivity index (χ0n) is 15.8. The fourth-order valence-electron chi connectivity index (χ4n) is 3.14. The highest BCUT2D eigenvalue weighted by Crippen LogP contribution is 2.35. The third-order valence-corrected chi connectivity index (χ3v) is 4.59. The number of hydrogen-bond donors (Lipinski definition) is 4. The summed E-state index contributed by atoms with van der Waals surface area (Å²) in [6.45, 7) is 1.39. The number of alkyl halides is 3. The lowest BCUT2D eigenvalue weighted by Gasteiger charge is -2.27. The first-order valence-electron chi connectivity index (χ1n) is 9.24. The molecular formula is C19H22F3N5O2. The number of rotatable bonds is 5. The lowest BCUT2D eigenvalue weighted by molar-refractivity contribution is -0.137. The Kier molecular flexibility index (Phi) is 6.21. The summed E-state index contributed by atoms with van der Waals surface area (Å²) in [5.74, 6) is -0.474. The Hall–Kier alpha value is -2.88. The van der Waals surface area contributed by atoms with E-state index in [1.54, 1.807) is 24.3 Å². The van der Waals surface area contributed by atoms with Crippen molar-refractivity contribution in [2.45, 2.75) is 50.9 Å². The van der Waals surface area contributed by atoms with Crippen LogP contribution in [0, 0.1) is 0 Å². The highest BCUT2D eigenvalue weighted by atomic mass is 19.4. The molecule has 1 heterocycles. The van der Waals surface area contributed by atoms with E-state index in [0.29, 0.717) is 37.1 Å². The van der Waals surface area contributed by atoms with Crippen molar-refractivity contribution in [1.29, 1.82) is 0 Å². The minimum Gasteiger partial charge on any atom is -0.393 e. The summed E-state index contributed by atoms with van der Waals surface area (Å²) >= 11 is 0. The summed E-state index contributed by atoms with van der Waals surface area (Å²) in [7, 11) is 0. The molecule has 1 saturated carbocycles. The summed E-state index contributed by atoms with van der Waals surface area (Å²) in [5.41, 5.74) is 0.221. The number of anilines is 4. The van der Waals surface area contributed by atoms with Gasteiger partial charge in [-0.3, -0.25) is 4.79 Å². The van der Waals surface area contributed by atoms with Gasteiger partial charge in [-0.15, -0.1) is 0 Å². The maximum absolute atomic E-state index is 13.4. The molecule has 0 unspecified atom stereocenters. The molecule has 2 aromatic rings. The first-order chi connectivity index (χ1) is 13.7. The van der Waals surface area contributed by atoms with E-state index in [-0.39, 0.29) is 23.7 Å². The number of hydrogen-bond acceptors (Lipinski definition) is 6. The lowest BCUT2D eigenvalue weighted by Crippen LogP contribution is -2.29. The molecule has 1 amide bonds. The van der Waals surface area contributed by atoms with Gasteiger partial charge in [-0.25, -0.2) is 4.98 Å². The molecule has 0 atom stereocenters. The minimum absolute atomic E-state index is 0.0172. The quantitative estimate of drug-likeness (QED) is 0.598. The van der Waals surface area contributed by atoms with Gasteiger partial charge < -0.3 is 21.1 Å². The SMILES string of the molecule is CC(=O)Nc1ccc(Nc2ncc(C(F)(F)F)c(NC3CCC(O)CC3)n2)cc1. The topological polar surface area (TPSA) is 99.2 Å². The van der Waals surface area contributed by atoms with Crippen LogP contribution in [-0.2, 0) is 11.0 Å². The maximum atomic E-state index is 13.4. The number of aliphatic hydroxyl groups is 1. The Balaban J connectivity index is 1.78. The van der Waals surface area contributed by atoms with Gasteiger partial charge in [0.2, 0.25) is 11.9 Å². The van der Waals surface area contributed by atoms with Crippen LogP contribution in [0.5, 0.6) is 0 Å². The second-order valence-electron chi connectivity index (χ2n) is 6.99. The molecule has 7 nitrogen and oxygen atoms in total. The van der Waals surface area contributed by atoms with Crippen LogP contribution in [0.1, 0.15) is 38.2 Å². The van der Waals surface area contributed by atoms with Crippen molar-refractivity contribution >= 4 is 29.0 Å². The molecule has 10 heteroatoms. The van der Waals surface area contributed by atoms with E-state index in [2.05, 4.69) is 25.9 Å². The molecule has 1 aliphatic rings. The van der Waals surface area contributed by atoms with Crippen molar-refractivity contribution < 1.29 is 23.1 Å². The largest absolute Gasteiger partial charge is 0.421 e. The molecule has 29 heavy (non-hydrogen) atoms. The minimum atomic E-state index is -4.59. The monoisotopic (exact) mass is 409 g/mol. The number of carbonyl (C=O) groups is 1. The normalized spacial score (nSPS) is 19.5. The fourth-order valence-corrected chi connectivity index (χ4v) is 3.14. The molecule has 1 aromatic carbocycles. The number of aromatic nitrogens is 2. The Bertz CT molecular complexity index is 850. The second kappa shape index (κ2) is 8.64. The third kappa shape index (κ3) is 5.80. The zero-order chi connectivity index (χ0) is 21.0. The van der Waals surface area contributed by atoms with Gasteiger partial charge in [-0.2, -0.15) is 18.2 Å².